The zero-order valence-corrected chi connectivity index (χ0v) is 15.0. The van der Waals surface area contributed by atoms with E-state index in [1.165, 1.54) is 25.5 Å². The fraction of sp³-hybridized carbons (Fsp3) is 0.176. The number of hydrogen-bond donors (Lipinski definition) is 2. The second-order valence-electron chi connectivity index (χ2n) is 5.19. The number of benzene rings is 1. The Hall–Kier alpha value is -2.91. The van der Waals surface area contributed by atoms with Gasteiger partial charge < -0.3 is 14.5 Å². The van der Waals surface area contributed by atoms with E-state index in [0.717, 1.165) is 6.08 Å². The fourth-order valence-corrected chi connectivity index (χ4v) is 2.99. The molecule has 9 heteroatoms. The highest BCUT2D eigenvalue weighted by atomic mass is 32.2. The molecule has 26 heavy (non-hydrogen) atoms. The minimum absolute atomic E-state index is 0.0520. The second kappa shape index (κ2) is 8.45. The highest BCUT2D eigenvalue weighted by Gasteiger charge is 2.16. The highest BCUT2D eigenvalue weighted by Crippen LogP contribution is 2.19. The first-order chi connectivity index (χ1) is 12.3. The Morgan fingerprint density at radius 1 is 1.27 bits per heavy atom. The molecular weight excluding hydrogens is 360 g/mol. The van der Waals surface area contributed by atoms with E-state index in [2.05, 4.69) is 10.0 Å². The highest BCUT2D eigenvalue weighted by molar-refractivity contribution is 7.89. The Labute approximate surface area is 150 Å². The number of carbonyl (C=O) groups is 2. The number of hydrogen-bond acceptors (Lipinski definition) is 6. The molecule has 2 N–H and O–H groups in total. The summed E-state index contributed by atoms with van der Waals surface area (Å²) in [6.07, 6.45) is 4.01. The van der Waals surface area contributed by atoms with Crippen LogP contribution in [-0.4, -0.2) is 33.9 Å². The molecule has 0 saturated heterocycles. The van der Waals surface area contributed by atoms with Crippen LogP contribution in [0.3, 0.4) is 0 Å². The average Bonchev–Trinajstić information content (AvgIpc) is 3.13. The predicted octanol–water partition coefficient (Wildman–Crippen LogP) is 1.69. The van der Waals surface area contributed by atoms with E-state index >= 15 is 0 Å². The fourth-order valence-electron chi connectivity index (χ4n) is 2.00. The summed E-state index contributed by atoms with van der Waals surface area (Å²) >= 11 is 0. The smallest absolute Gasteiger partial charge is 0.331 e. The van der Waals surface area contributed by atoms with E-state index in [1.54, 1.807) is 31.2 Å². The lowest BCUT2D eigenvalue weighted by molar-refractivity contribution is -0.142. The first-order valence-corrected chi connectivity index (χ1v) is 9.02. The third-order valence-electron chi connectivity index (χ3n) is 3.30. The topological polar surface area (TPSA) is 115 Å². The van der Waals surface area contributed by atoms with Crippen molar-refractivity contribution in [2.24, 2.45) is 0 Å². The van der Waals surface area contributed by atoms with Gasteiger partial charge in [0, 0.05) is 11.8 Å². The monoisotopic (exact) mass is 378 g/mol. The van der Waals surface area contributed by atoms with Crippen molar-refractivity contribution in [3.63, 3.8) is 0 Å². The maximum atomic E-state index is 11.9. The molecule has 138 valence electrons. The summed E-state index contributed by atoms with van der Waals surface area (Å²) in [5, 5.41) is 2.48. The molecule has 1 aromatic carbocycles. The summed E-state index contributed by atoms with van der Waals surface area (Å²) in [5.74, 6) is -0.829. The van der Waals surface area contributed by atoms with Crippen LogP contribution in [0, 0.1) is 6.92 Å². The number of aryl methyl sites for hydroxylation is 1. The molecule has 0 bridgehead atoms. The Balaban J connectivity index is 1.93. The first kappa shape index (κ1) is 19.4. The molecule has 0 atom stereocenters. The molecule has 0 unspecified atom stereocenters. The summed E-state index contributed by atoms with van der Waals surface area (Å²) in [5.41, 5.74) is 0.809. The Bertz CT molecular complexity index is 917. The van der Waals surface area contributed by atoms with Gasteiger partial charge in [-0.25, -0.2) is 17.9 Å². The van der Waals surface area contributed by atoms with Crippen molar-refractivity contribution in [3.8, 4) is 0 Å². The molecule has 0 aliphatic rings. The Morgan fingerprint density at radius 2 is 2.04 bits per heavy atom. The van der Waals surface area contributed by atoms with Crippen LogP contribution >= 0.6 is 0 Å². The maximum Gasteiger partial charge on any atom is 0.331 e. The summed E-state index contributed by atoms with van der Waals surface area (Å²) in [6.45, 7) is 1.13. The Kier molecular flexibility index (Phi) is 6.31. The van der Waals surface area contributed by atoms with E-state index in [9.17, 15) is 18.0 Å². The summed E-state index contributed by atoms with van der Waals surface area (Å²) in [7, 11) is -2.35. The van der Waals surface area contributed by atoms with Gasteiger partial charge in [-0.1, -0.05) is 6.07 Å². The van der Waals surface area contributed by atoms with Crippen LogP contribution in [-0.2, 0) is 24.3 Å². The summed E-state index contributed by atoms with van der Waals surface area (Å²) < 4.78 is 35.9. The average molecular weight is 378 g/mol. The van der Waals surface area contributed by atoms with E-state index < -0.39 is 28.5 Å². The molecule has 0 aliphatic heterocycles. The molecule has 0 spiro atoms. The quantitative estimate of drug-likeness (QED) is 0.560. The molecule has 1 heterocycles. The first-order valence-electron chi connectivity index (χ1n) is 7.54. The van der Waals surface area contributed by atoms with Crippen molar-refractivity contribution in [3.05, 3.63) is 54.0 Å². The number of amides is 1. The van der Waals surface area contributed by atoms with Crippen LogP contribution in [0.2, 0.25) is 0 Å². The standard InChI is InChI=1S/C17H18N2O6S/c1-12-5-6-13(10-15(12)26(22,23)18-2)19-16(20)11-25-17(21)8-7-14-4-3-9-24-14/h3-10,18H,11H2,1-2H3,(H,19,20)/b8-7+. The molecule has 1 aromatic heterocycles. The lowest BCUT2D eigenvalue weighted by Crippen LogP contribution is -2.22. The molecule has 0 aliphatic carbocycles. The molecule has 1 amide bonds. The molecule has 0 radical (unpaired) electrons. The van der Waals surface area contributed by atoms with Crippen molar-refractivity contribution in [1.29, 1.82) is 0 Å². The number of nitrogens with one attached hydrogen (secondary N) is 2. The van der Waals surface area contributed by atoms with Crippen LogP contribution in [0.1, 0.15) is 11.3 Å². The molecular formula is C17H18N2O6S. The van der Waals surface area contributed by atoms with Crippen LogP contribution in [0.4, 0.5) is 5.69 Å². The van der Waals surface area contributed by atoms with Gasteiger partial charge in [-0.2, -0.15) is 0 Å². The van der Waals surface area contributed by atoms with Gasteiger partial charge in [0.2, 0.25) is 10.0 Å². The third kappa shape index (κ3) is 5.30. The van der Waals surface area contributed by atoms with Crippen molar-refractivity contribution in [2.75, 3.05) is 19.0 Å². The van der Waals surface area contributed by atoms with Crippen molar-refractivity contribution < 1.29 is 27.2 Å². The van der Waals surface area contributed by atoms with Gasteiger partial charge in [0.05, 0.1) is 11.2 Å². The van der Waals surface area contributed by atoms with Gasteiger partial charge in [-0.3, -0.25) is 4.79 Å². The van der Waals surface area contributed by atoms with E-state index in [0.29, 0.717) is 11.3 Å². The number of furan rings is 1. The Morgan fingerprint density at radius 3 is 2.69 bits per heavy atom. The molecule has 2 rings (SSSR count). The number of esters is 1. The van der Waals surface area contributed by atoms with Gasteiger partial charge in [0.1, 0.15) is 5.76 Å². The normalized spacial score (nSPS) is 11.5. The predicted molar refractivity (Wildman–Crippen MR) is 94.8 cm³/mol. The van der Waals surface area contributed by atoms with E-state index in [-0.39, 0.29) is 10.6 Å². The number of rotatable bonds is 7. The SMILES string of the molecule is CNS(=O)(=O)c1cc(NC(=O)COC(=O)/C=C/c2ccco2)ccc1C. The molecule has 2 aromatic rings. The molecule has 8 nitrogen and oxygen atoms in total. The minimum atomic E-state index is -3.65. The van der Waals surface area contributed by atoms with Crippen LogP contribution in [0.15, 0.2) is 52.0 Å². The number of anilines is 1. The maximum absolute atomic E-state index is 11.9. The lowest BCUT2D eigenvalue weighted by Gasteiger charge is -2.10. The number of ether oxygens (including phenoxy) is 1. The van der Waals surface area contributed by atoms with E-state index in [1.807, 2.05) is 0 Å². The van der Waals surface area contributed by atoms with Gasteiger partial charge in [-0.15, -0.1) is 0 Å². The number of carbonyl (C=O) groups excluding carboxylic acids is 2. The minimum Gasteiger partial charge on any atom is -0.465 e. The van der Waals surface area contributed by atoms with Gasteiger partial charge in [0.15, 0.2) is 6.61 Å². The largest absolute Gasteiger partial charge is 0.465 e. The molecule has 0 saturated carbocycles. The van der Waals surface area contributed by atoms with Crippen molar-refractivity contribution in [1.82, 2.24) is 4.72 Å². The van der Waals surface area contributed by atoms with Gasteiger partial charge in [-0.05, 0) is 49.9 Å². The third-order valence-corrected chi connectivity index (χ3v) is 4.86. The summed E-state index contributed by atoms with van der Waals surface area (Å²) in [4.78, 5) is 23.5. The lowest BCUT2D eigenvalue weighted by atomic mass is 10.2. The van der Waals surface area contributed by atoms with Crippen LogP contribution in [0.25, 0.3) is 6.08 Å². The van der Waals surface area contributed by atoms with Gasteiger partial charge >= 0.3 is 5.97 Å². The zero-order valence-electron chi connectivity index (χ0n) is 14.2. The summed E-state index contributed by atoms with van der Waals surface area (Å²) in [6, 6.07) is 7.78. The van der Waals surface area contributed by atoms with Crippen LogP contribution < -0.4 is 10.0 Å². The van der Waals surface area contributed by atoms with Gasteiger partial charge in [0.25, 0.3) is 5.91 Å². The van der Waals surface area contributed by atoms with Crippen molar-refractivity contribution >= 4 is 33.7 Å². The molecule has 0 fully saturated rings. The van der Waals surface area contributed by atoms with Crippen molar-refractivity contribution in [2.45, 2.75) is 11.8 Å². The van der Waals surface area contributed by atoms with Crippen LogP contribution in [0.5, 0.6) is 0 Å². The van der Waals surface area contributed by atoms with E-state index in [4.69, 9.17) is 9.15 Å². The zero-order chi connectivity index (χ0) is 19.2. The second-order valence-corrected chi connectivity index (χ2v) is 7.05. The number of sulfonamides is 1.